The average Bonchev–Trinajstić information content (AvgIpc) is 3.12. The van der Waals surface area contributed by atoms with Crippen LogP contribution in [-0.4, -0.2) is 43.8 Å². The van der Waals surface area contributed by atoms with Gasteiger partial charge in [-0.05, 0) is 80.8 Å². The van der Waals surface area contributed by atoms with Crippen LogP contribution >= 0.6 is 0 Å². The van der Waals surface area contributed by atoms with E-state index in [2.05, 4.69) is 55.7 Å². The maximum absolute atomic E-state index is 13.0. The second-order valence-electron chi connectivity index (χ2n) is 11.1. The fourth-order valence-electron chi connectivity index (χ4n) is 6.78. The maximum atomic E-state index is 13.0. The highest BCUT2D eigenvalue weighted by molar-refractivity contribution is 6.48. The molecule has 2 aliphatic heterocycles. The maximum Gasteiger partial charge on any atom is 0.482 e. The van der Waals surface area contributed by atoms with Crippen molar-refractivity contribution in [2.24, 2.45) is 23.2 Å². The minimum absolute atomic E-state index is 0.117. The average molecular weight is 424 g/mol. The van der Waals surface area contributed by atoms with E-state index >= 15 is 0 Å². The molecule has 1 aromatic carbocycles. The van der Waals surface area contributed by atoms with E-state index < -0.39 is 7.12 Å². The number of benzene rings is 1. The van der Waals surface area contributed by atoms with Gasteiger partial charge in [-0.2, -0.15) is 0 Å². The molecule has 0 unspecified atom stereocenters. The molecular weight excluding hydrogens is 387 g/mol. The van der Waals surface area contributed by atoms with Gasteiger partial charge in [0.15, 0.2) is 0 Å². The van der Waals surface area contributed by atoms with E-state index in [1.54, 1.807) is 0 Å². The minimum Gasteiger partial charge on any atom is -0.404 e. The van der Waals surface area contributed by atoms with Crippen molar-refractivity contribution in [3.05, 3.63) is 35.9 Å². The molecule has 2 saturated heterocycles. The molecule has 0 spiro atoms. The third-order valence-corrected chi connectivity index (χ3v) is 8.82. The Morgan fingerprint density at radius 1 is 1.26 bits per heavy atom. The number of rotatable bonds is 6. The summed E-state index contributed by atoms with van der Waals surface area (Å²) < 4.78 is 13.3. The van der Waals surface area contributed by atoms with Crippen LogP contribution in [0.1, 0.15) is 58.4 Å². The van der Waals surface area contributed by atoms with E-state index in [9.17, 15) is 4.79 Å². The summed E-state index contributed by atoms with van der Waals surface area (Å²) in [5, 5.41) is 6.73. The van der Waals surface area contributed by atoms with E-state index in [0.717, 1.165) is 44.7 Å². The molecule has 6 heteroatoms. The Morgan fingerprint density at radius 2 is 2.06 bits per heavy atom. The zero-order valence-electron chi connectivity index (χ0n) is 19.2. The van der Waals surface area contributed by atoms with E-state index in [1.165, 1.54) is 12.0 Å². The van der Waals surface area contributed by atoms with Crippen LogP contribution in [0.2, 0.25) is 0 Å². The molecule has 6 atom stereocenters. The van der Waals surface area contributed by atoms with Crippen molar-refractivity contribution < 1.29 is 14.1 Å². The van der Waals surface area contributed by atoms with Gasteiger partial charge >= 0.3 is 7.12 Å². The monoisotopic (exact) mass is 424 g/mol. The highest BCUT2D eigenvalue weighted by Crippen LogP contribution is 2.65. The van der Waals surface area contributed by atoms with Gasteiger partial charge in [-0.15, -0.1) is 0 Å². The third-order valence-electron chi connectivity index (χ3n) is 8.82. The third kappa shape index (κ3) is 3.96. The Balaban J connectivity index is 1.30. The Morgan fingerprint density at radius 3 is 2.77 bits per heavy atom. The van der Waals surface area contributed by atoms with E-state index in [4.69, 9.17) is 9.31 Å². The largest absolute Gasteiger partial charge is 0.482 e. The van der Waals surface area contributed by atoms with Crippen molar-refractivity contribution in [3.8, 4) is 0 Å². The standard InChI is InChI=1S/C25H37BN2O3/c1-24(2)19-14-20(24)25(3)21(15-19)30-26(31-25)22(12-17-8-5-4-6-9-17)28-23(29)13-18-10-7-11-27-16-18/h4-6,8-9,18-22,27H,7,10-16H2,1-3H3,(H,28,29)/t18-,19+,20+,21-,22+,25+/m1/s1. The van der Waals surface area contributed by atoms with Gasteiger partial charge in [0, 0.05) is 6.42 Å². The van der Waals surface area contributed by atoms with Gasteiger partial charge in [-0.3, -0.25) is 4.79 Å². The summed E-state index contributed by atoms with van der Waals surface area (Å²) in [5.41, 5.74) is 1.26. The van der Waals surface area contributed by atoms with Crippen molar-refractivity contribution in [2.75, 3.05) is 13.1 Å². The zero-order valence-corrected chi connectivity index (χ0v) is 19.2. The van der Waals surface area contributed by atoms with Crippen LogP contribution in [0.5, 0.6) is 0 Å². The van der Waals surface area contributed by atoms with Crippen molar-refractivity contribution in [2.45, 2.75) is 76.9 Å². The molecule has 5 nitrogen and oxygen atoms in total. The SMILES string of the molecule is CC1(C)[C@@H]2C[C@H]3OB([C@H](Cc4ccccc4)NC(=O)C[C@H]4CCCNC4)O[C@@]3(C)[C@H]1C2. The molecule has 31 heavy (non-hydrogen) atoms. The van der Waals surface area contributed by atoms with Gasteiger partial charge in [0.25, 0.3) is 0 Å². The van der Waals surface area contributed by atoms with Crippen LogP contribution in [0.25, 0.3) is 0 Å². The van der Waals surface area contributed by atoms with Crippen molar-refractivity contribution in [1.82, 2.24) is 10.6 Å². The molecule has 1 amide bonds. The van der Waals surface area contributed by atoms with Gasteiger partial charge in [0.1, 0.15) is 0 Å². The lowest BCUT2D eigenvalue weighted by Gasteiger charge is -2.64. The highest BCUT2D eigenvalue weighted by atomic mass is 16.7. The van der Waals surface area contributed by atoms with Crippen LogP contribution < -0.4 is 10.6 Å². The molecule has 1 aromatic rings. The van der Waals surface area contributed by atoms with Gasteiger partial charge < -0.3 is 19.9 Å². The Labute approximate surface area is 187 Å². The number of carbonyl (C=O) groups is 1. The summed E-state index contributed by atoms with van der Waals surface area (Å²) >= 11 is 0. The molecule has 6 rings (SSSR count). The number of carbonyl (C=O) groups excluding carboxylic acids is 1. The summed E-state index contributed by atoms with van der Waals surface area (Å²) in [7, 11) is -0.390. The molecule has 3 aliphatic carbocycles. The lowest BCUT2D eigenvalue weighted by Crippen LogP contribution is -2.65. The lowest BCUT2D eigenvalue weighted by molar-refractivity contribution is -0.199. The molecule has 2 heterocycles. The van der Waals surface area contributed by atoms with Crippen LogP contribution in [0, 0.1) is 23.2 Å². The summed E-state index contributed by atoms with van der Waals surface area (Å²) in [5.74, 6) is 1.61. The summed E-state index contributed by atoms with van der Waals surface area (Å²) in [6.07, 6.45) is 6.00. The van der Waals surface area contributed by atoms with Crippen LogP contribution in [0.15, 0.2) is 30.3 Å². The second-order valence-corrected chi connectivity index (χ2v) is 11.1. The van der Waals surface area contributed by atoms with E-state index in [1.807, 2.05) is 6.07 Å². The first-order valence-electron chi connectivity index (χ1n) is 12.2. The normalized spacial score (nSPS) is 36.9. The summed E-state index contributed by atoms with van der Waals surface area (Å²) in [6.45, 7) is 9.01. The second kappa shape index (κ2) is 8.20. The smallest absolute Gasteiger partial charge is 0.404 e. The van der Waals surface area contributed by atoms with Gasteiger partial charge in [0.2, 0.25) is 5.91 Å². The first-order chi connectivity index (χ1) is 14.9. The predicted molar refractivity (Wildman–Crippen MR) is 122 cm³/mol. The molecule has 2 bridgehead atoms. The van der Waals surface area contributed by atoms with Gasteiger partial charge in [-0.1, -0.05) is 44.2 Å². The van der Waals surface area contributed by atoms with E-state index in [-0.39, 0.29) is 23.6 Å². The molecule has 5 aliphatic rings. The minimum atomic E-state index is -0.390. The van der Waals surface area contributed by atoms with Crippen LogP contribution in [0.3, 0.4) is 0 Å². The Kier molecular flexibility index (Phi) is 5.68. The molecule has 5 fully saturated rings. The first-order valence-corrected chi connectivity index (χ1v) is 12.2. The summed E-state index contributed by atoms with van der Waals surface area (Å²) in [6, 6.07) is 10.4. The predicted octanol–water partition coefficient (Wildman–Crippen LogP) is 3.37. The number of hydrogen-bond acceptors (Lipinski definition) is 4. The van der Waals surface area contributed by atoms with Crippen molar-refractivity contribution in [1.29, 1.82) is 0 Å². The number of amides is 1. The quantitative estimate of drug-likeness (QED) is 0.688. The Hall–Kier alpha value is -1.37. The summed E-state index contributed by atoms with van der Waals surface area (Å²) in [4.78, 5) is 13.0. The Bertz CT molecular complexity index is 797. The molecular formula is C25H37BN2O3. The molecule has 2 N–H and O–H groups in total. The van der Waals surface area contributed by atoms with Crippen LogP contribution in [-0.2, 0) is 20.5 Å². The van der Waals surface area contributed by atoms with Crippen molar-refractivity contribution in [3.63, 3.8) is 0 Å². The molecule has 168 valence electrons. The first kappa shape index (κ1) is 21.5. The van der Waals surface area contributed by atoms with Gasteiger partial charge in [0.05, 0.1) is 17.6 Å². The topological polar surface area (TPSA) is 59.6 Å². The molecule has 0 aromatic heterocycles. The molecule has 0 radical (unpaired) electrons. The molecule has 3 saturated carbocycles. The van der Waals surface area contributed by atoms with E-state index in [0.29, 0.717) is 23.7 Å². The lowest BCUT2D eigenvalue weighted by atomic mass is 9.43. The number of piperidine rings is 1. The van der Waals surface area contributed by atoms with Gasteiger partial charge in [-0.25, -0.2) is 0 Å². The fourth-order valence-corrected chi connectivity index (χ4v) is 6.78. The number of hydrogen-bond donors (Lipinski definition) is 2. The zero-order chi connectivity index (χ0) is 21.6. The number of nitrogens with one attached hydrogen (secondary N) is 2. The van der Waals surface area contributed by atoms with Crippen molar-refractivity contribution >= 4 is 13.0 Å². The van der Waals surface area contributed by atoms with Crippen LogP contribution in [0.4, 0.5) is 0 Å². The highest BCUT2D eigenvalue weighted by Gasteiger charge is 2.68. The fraction of sp³-hybridized carbons (Fsp3) is 0.720.